The van der Waals surface area contributed by atoms with Gasteiger partial charge in [0.05, 0.1) is 18.8 Å². The molecule has 0 aromatic carbocycles. The molecule has 0 radical (unpaired) electrons. The summed E-state index contributed by atoms with van der Waals surface area (Å²) in [6.07, 6.45) is 1.02. The second kappa shape index (κ2) is 6.16. The Balaban J connectivity index is 1.66. The van der Waals surface area contributed by atoms with E-state index in [2.05, 4.69) is 12.2 Å². The van der Waals surface area contributed by atoms with Gasteiger partial charge in [0, 0.05) is 30.6 Å². The molecule has 4 rings (SSSR count). The number of hydrogen-bond donors (Lipinski definition) is 1. The average molecular weight is 366 g/mol. The highest BCUT2D eigenvalue weighted by molar-refractivity contribution is 7.16. The molecule has 0 spiro atoms. The predicted octanol–water partition coefficient (Wildman–Crippen LogP) is 2.18. The SMILES string of the molecule is Cc1c(CN2CCNC2=O)sc2c1C(=O)N(C1CC1C)CN2CCF. The predicted molar refractivity (Wildman–Crippen MR) is 94.8 cm³/mol. The van der Waals surface area contributed by atoms with E-state index in [1.807, 2.05) is 16.7 Å². The van der Waals surface area contributed by atoms with Crippen LogP contribution in [-0.4, -0.2) is 60.8 Å². The molecule has 1 saturated heterocycles. The molecule has 6 nitrogen and oxygen atoms in total. The Kier molecular flexibility index (Phi) is 4.10. The smallest absolute Gasteiger partial charge is 0.317 e. The summed E-state index contributed by atoms with van der Waals surface area (Å²) in [4.78, 5) is 31.5. The van der Waals surface area contributed by atoms with Gasteiger partial charge in [-0.1, -0.05) is 6.92 Å². The zero-order chi connectivity index (χ0) is 17.7. The number of alkyl halides is 1. The number of amides is 3. The van der Waals surface area contributed by atoms with Crippen molar-refractivity contribution in [2.24, 2.45) is 5.92 Å². The molecule has 25 heavy (non-hydrogen) atoms. The first-order chi connectivity index (χ1) is 12.0. The van der Waals surface area contributed by atoms with Crippen molar-refractivity contribution in [3.63, 3.8) is 0 Å². The molecule has 1 N–H and O–H groups in total. The standard InChI is InChI=1S/C17H23FN4O2S/c1-10-7-12(10)22-9-21(5-3-18)16-14(15(22)23)11(2)13(25-16)8-20-6-4-19-17(20)24/h10,12H,3-9H2,1-2H3,(H,19,24). The largest absolute Gasteiger partial charge is 0.342 e. The van der Waals surface area contributed by atoms with Crippen molar-refractivity contribution in [3.8, 4) is 0 Å². The lowest BCUT2D eigenvalue weighted by atomic mass is 10.1. The minimum absolute atomic E-state index is 0.0605. The van der Waals surface area contributed by atoms with E-state index in [0.717, 1.165) is 21.9 Å². The minimum atomic E-state index is -0.442. The van der Waals surface area contributed by atoms with E-state index in [-0.39, 0.29) is 18.0 Å². The maximum atomic E-state index is 13.1. The summed E-state index contributed by atoms with van der Waals surface area (Å²) in [6.45, 7) is 6.25. The van der Waals surface area contributed by atoms with Crippen LogP contribution in [0.5, 0.6) is 0 Å². The average Bonchev–Trinajstić information content (AvgIpc) is 3.00. The molecule has 8 heteroatoms. The van der Waals surface area contributed by atoms with Gasteiger partial charge in [0.2, 0.25) is 0 Å². The topological polar surface area (TPSA) is 55.9 Å². The van der Waals surface area contributed by atoms with Crippen molar-refractivity contribution in [3.05, 3.63) is 16.0 Å². The molecule has 3 amide bonds. The molecular formula is C17H23FN4O2S. The highest BCUT2D eigenvalue weighted by atomic mass is 32.1. The Hall–Kier alpha value is -1.83. The molecule has 3 aliphatic rings. The summed E-state index contributed by atoms with van der Waals surface area (Å²) in [5, 5.41) is 3.66. The van der Waals surface area contributed by atoms with Crippen LogP contribution in [0.2, 0.25) is 0 Å². The molecular weight excluding hydrogens is 343 g/mol. The molecule has 2 fully saturated rings. The van der Waals surface area contributed by atoms with Crippen LogP contribution in [0, 0.1) is 12.8 Å². The molecule has 3 heterocycles. The third kappa shape index (κ3) is 2.76. The maximum absolute atomic E-state index is 13.1. The van der Waals surface area contributed by atoms with E-state index in [1.54, 1.807) is 4.90 Å². The number of fused-ring (bicyclic) bond motifs is 1. The summed E-state index contributed by atoms with van der Waals surface area (Å²) in [5.41, 5.74) is 1.64. The number of carbonyl (C=O) groups is 2. The lowest BCUT2D eigenvalue weighted by molar-refractivity contribution is 0.0720. The minimum Gasteiger partial charge on any atom is -0.342 e. The van der Waals surface area contributed by atoms with E-state index < -0.39 is 6.67 Å². The van der Waals surface area contributed by atoms with Gasteiger partial charge in [-0.2, -0.15) is 0 Å². The van der Waals surface area contributed by atoms with Crippen LogP contribution < -0.4 is 10.2 Å². The van der Waals surface area contributed by atoms with E-state index in [9.17, 15) is 14.0 Å². The maximum Gasteiger partial charge on any atom is 0.317 e. The number of halogens is 1. The van der Waals surface area contributed by atoms with Crippen LogP contribution in [0.15, 0.2) is 0 Å². The number of anilines is 1. The number of rotatable bonds is 5. The fraction of sp³-hybridized carbons (Fsp3) is 0.647. The lowest BCUT2D eigenvalue weighted by Crippen LogP contribution is -2.48. The highest BCUT2D eigenvalue weighted by Gasteiger charge is 2.45. The Morgan fingerprint density at radius 3 is 2.68 bits per heavy atom. The molecule has 2 aliphatic heterocycles. The van der Waals surface area contributed by atoms with Crippen molar-refractivity contribution in [1.29, 1.82) is 0 Å². The Labute approximate surface area is 150 Å². The van der Waals surface area contributed by atoms with E-state index in [0.29, 0.717) is 44.3 Å². The fourth-order valence-corrected chi connectivity index (χ4v) is 5.06. The molecule has 1 aliphatic carbocycles. The summed E-state index contributed by atoms with van der Waals surface area (Å²) < 4.78 is 13.1. The van der Waals surface area contributed by atoms with Gasteiger partial charge in [-0.25, -0.2) is 9.18 Å². The number of nitrogens with zero attached hydrogens (tertiary/aromatic N) is 3. The molecule has 136 valence electrons. The van der Waals surface area contributed by atoms with Crippen molar-refractivity contribution in [2.75, 3.05) is 37.9 Å². The summed E-state index contributed by atoms with van der Waals surface area (Å²) in [7, 11) is 0. The number of carbonyl (C=O) groups excluding carboxylic acids is 2. The van der Waals surface area contributed by atoms with Crippen molar-refractivity contribution >= 4 is 28.3 Å². The van der Waals surface area contributed by atoms with Crippen LogP contribution in [-0.2, 0) is 6.54 Å². The quantitative estimate of drug-likeness (QED) is 0.869. The fourth-order valence-electron chi connectivity index (χ4n) is 3.73. The van der Waals surface area contributed by atoms with E-state index >= 15 is 0 Å². The summed E-state index contributed by atoms with van der Waals surface area (Å²) in [5.74, 6) is 0.578. The lowest BCUT2D eigenvalue weighted by Gasteiger charge is -2.36. The first kappa shape index (κ1) is 16.6. The van der Waals surface area contributed by atoms with Gasteiger partial charge in [-0.15, -0.1) is 11.3 Å². The van der Waals surface area contributed by atoms with Crippen molar-refractivity contribution < 1.29 is 14.0 Å². The number of thiophene rings is 1. The van der Waals surface area contributed by atoms with E-state index in [1.165, 1.54) is 11.3 Å². The van der Waals surface area contributed by atoms with Gasteiger partial charge in [0.1, 0.15) is 11.7 Å². The Bertz CT molecular complexity index is 722. The highest BCUT2D eigenvalue weighted by Crippen LogP contribution is 2.44. The second-order valence-electron chi connectivity index (χ2n) is 7.13. The molecule has 1 aromatic heterocycles. The van der Waals surface area contributed by atoms with E-state index in [4.69, 9.17) is 0 Å². The van der Waals surface area contributed by atoms with Gasteiger partial charge in [-0.3, -0.25) is 4.79 Å². The van der Waals surface area contributed by atoms with Gasteiger partial charge in [0.25, 0.3) is 5.91 Å². The Morgan fingerprint density at radius 1 is 1.32 bits per heavy atom. The van der Waals surface area contributed by atoms with Crippen molar-refractivity contribution in [1.82, 2.24) is 15.1 Å². The van der Waals surface area contributed by atoms with Crippen LogP contribution in [0.25, 0.3) is 0 Å². The second-order valence-corrected chi connectivity index (χ2v) is 8.22. The van der Waals surface area contributed by atoms with Gasteiger partial charge < -0.3 is 20.0 Å². The zero-order valence-electron chi connectivity index (χ0n) is 14.5. The zero-order valence-corrected chi connectivity index (χ0v) is 15.4. The van der Waals surface area contributed by atoms with Crippen LogP contribution in [0.1, 0.15) is 34.1 Å². The first-order valence-corrected chi connectivity index (χ1v) is 9.59. The number of hydrogen-bond acceptors (Lipinski definition) is 4. The third-order valence-electron chi connectivity index (χ3n) is 5.41. The first-order valence-electron chi connectivity index (χ1n) is 8.78. The molecule has 0 bridgehead atoms. The molecule has 2 atom stereocenters. The molecule has 2 unspecified atom stereocenters. The van der Waals surface area contributed by atoms with Gasteiger partial charge >= 0.3 is 6.03 Å². The molecule has 1 aromatic rings. The van der Waals surface area contributed by atoms with Crippen molar-refractivity contribution in [2.45, 2.75) is 32.9 Å². The van der Waals surface area contributed by atoms with Crippen LogP contribution >= 0.6 is 11.3 Å². The van der Waals surface area contributed by atoms with Crippen LogP contribution in [0.3, 0.4) is 0 Å². The van der Waals surface area contributed by atoms with Gasteiger partial charge in [-0.05, 0) is 24.8 Å². The number of nitrogens with one attached hydrogen (secondary N) is 1. The number of urea groups is 1. The normalized spacial score (nSPS) is 25.5. The Morgan fingerprint density at radius 2 is 2.08 bits per heavy atom. The summed E-state index contributed by atoms with van der Waals surface area (Å²) >= 11 is 1.53. The monoisotopic (exact) mass is 366 g/mol. The van der Waals surface area contributed by atoms with Gasteiger partial charge in [0.15, 0.2) is 0 Å². The third-order valence-corrected chi connectivity index (χ3v) is 6.75. The molecule has 1 saturated carbocycles. The summed E-state index contributed by atoms with van der Waals surface area (Å²) in [6, 6.07) is 0.209. The van der Waals surface area contributed by atoms with Crippen LogP contribution in [0.4, 0.5) is 14.2 Å².